The van der Waals surface area contributed by atoms with Gasteiger partial charge in [0, 0.05) is 11.8 Å². The van der Waals surface area contributed by atoms with Crippen LogP contribution in [0.3, 0.4) is 0 Å². The molecule has 1 heterocycles. The first-order chi connectivity index (χ1) is 6.47. The molecule has 2 heteroatoms. The number of terminal acetylenes is 1. The molecule has 0 aliphatic heterocycles. The first-order valence-corrected chi connectivity index (χ1v) is 4.42. The summed E-state index contributed by atoms with van der Waals surface area (Å²) in [4.78, 5) is 15.3. The van der Waals surface area contributed by atoms with Gasteiger partial charge in [-0.1, -0.05) is 5.92 Å². The zero-order chi connectivity index (χ0) is 10.8. The van der Waals surface area contributed by atoms with Gasteiger partial charge in [-0.2, -0.15) is 0 Å². The molecule has 0 amide bonds. The minimum atomic E-state index is -0.425. The molecule has 1 aromatic heterocycles. The molecular weight excluding hydrogens is 174 g/mol. The third kappa shape index (κ3) is 2.00. The summed E-state index contributed by atoms with van der Waals surface area (Å²) in [5, 5.41) is 0. The summed E-state index contributed by atoms with van der Waals surface area (Å²) in [7, 11) is 0. The highest BCUT2D eigenvalue weighted by molar-refractivity contribution is 5.94. The van der Waals surface area contributed by atoms with Gasteiger partial charge in [0.15, 0.2) is 5.78 Å². The average molecular weight is 187 g/mol. The molecule has 2 nitrogen and oxygen atoms in total. The number of carbonyl (C=O) groups excluding carboxylic acids is 1. The zero-order valence-electron chi connectivity index (χ0n) is 8.66. The Hall–Kier alpha value is -1.62. The molecular formula is C12H13NO. The van der Waals surface area contributed by atoms with Crippen molar-refractivity contribution in [3.05, 3.63) is 29.6 Å². The maximum Gasteiger partial charge on any atom is 0.159 e. The summed E-state index contributed by atoms with van der Waals surface area (Å²) < 4.78 is 0. The van der Waals surface area contributed by atoms with Crippen LogP contribution in [-0.4, -0.2) is 10.8 Å². The van der Waals surface area contributed by atoms with Crippen molar-refractivity contribution in [2.45, 2.75) is 26.2 Å². The molecule has 0 unspecified atom stereocenters. The number of aromatic nitrogens is 1. The minimum absolute atomic E-state index is 0.0291. The van der Waals surface area contributed by atoms with Gasteiger partial charge in [0.25, 0.3) is 0 Å². The summed E-state index contributed by atoms with van der Waals surface area (Å²) in [5.74, 6) is 2.68. The summed E-state index contributed by atoms with van der Waals surface area (Å²) in [6, 6.07) is 3.45. The van der Waals surface area contributed by atoms with Gasteiger partial charge in [-0.15, -0.1) is 6.42 Å². The van der Waals surface area contributed by atoms with Gasteiger partial charge >= 0.3 is 0 Å². The van der Waals surface area contributed by atoms with Crippen LogP contribution in [0.4, 0.5) is 0 Å². The Kier molecular flexibility index (Phi) is 2.71. The van der Waals surface area contributed by atoms with Crippen LogP contribution in [0.25, 0.3) is 0 Å². The number of carbonyl (C=O) groups is 1. The average Bonchev–Trinajstić information content (AvgIpc) is 2.18. The highest BCUT2D eigenvalue weighted by Gasteiger charge is 2.19. The quantitative estimate of drug-likeness (QED) is 0.524. The van der Waals surface area contributed by atoms with E-state index in [9.17, 15) is 4.79 Å². The Labute approximate surface area is 84.4 Å². The van der Waals surface area contributed by atoms with Crippen molar-refractivity contribution in [2.24, 2.45) is 0 Å². The van der Waals surface area contributed by atoms with Gasteiger partial charge in [0.2, 0.25) is 0 Å². The monoisotopic (exact) mass is 187 g/mol. The number of ketones is 1. The maximum atomic E-state index is 11.1. The second-order valence-corrected chi connectivity index (χ2v) is 3.76. The van der Waals surface area contributed by atoms with Crippen molar-refractivity contribution < 1.29 is 4.79 Å². The molecule has 0 atom stereocenters. The third-order valence-electron chi connectivity index (χ3n) is 2.17. The van der Waals surface area contributed by atoms with Crippen molar-refractivity contribution >= 4 is 5.78 Å². The molecule has 1 aromatic rings. The number of hydrogen-bond donors (Lipinski definition) is 0. The second kappa shape index (κ2) is 3.63. The Bertz CT molecular complexity index is 399. The van der Waals surface area contributed by atoms with Crippen LogP contribution in [0.15, 0.2) is 18.3 Å². The maximum absolute atomic E-state index is 11.1. The van der Waals surface area contributed by atoms with E-state index in [1.165, 1.54) is 6.92 Å². The van der Waals surface area contributed by atoms with Crippen molar-refractivity contribution in [1.82, 2.24) is 4.98 Å². The molecule has 0 fully saturated rings. The lowest BCUT2D eigenvalue weighted by atomic mass is 9.89. The van der Waals surface area contributed by atoms with E-state index in [4.69, 9.17) is 6.42 Å². The summed E-state index contributed by atoms with van der Waals surface area (Å²) in [5.41, 5.74) is 0.983. The fraction of sp³-hybridized carbons (Fsp3) is 0.333. The SMILES string of the molecule is C#CC(C)(C)c1cc(C(C)=O)ccn1. The van der Waals surface area contributed by atoms with Crippen LogP contribution in [0, 0.1) is 12.3 Å². The summed E-state index contributed by atoms with van der Waals surface area (Å²) in [6.07, 6.45) is 7.01. The highest BCUT2D eigenvalue weighted by atomic mass is 16.1. The molecule has 0 radical (unpaired) electrons. The number of nitrogens with zero attached hydrogens (tertiary/aromatic N) is 1. The van der Waals surface area contributed by atoms with E-state index in [0.29, 0.717) is 5.56 Å². The van der Waals surface area contributed by atoms with E-state index in [1.54, 1.807) is 18.3 Å². The second-order valence-electron chi connectivity index (χ2n) is 3.76. The Morgan fingerprint density at radius 1 is 1.57 bits per heavy atom. The largest absolute Gasteiger partial charge is 0.295 e. The Balaban J connectivity index is 3.20. The van der Waals surface area contributed by atoms with E-state index >= 15 is 0 Å². The van der Waals surface area contributed by atoms with Crippen LogP contribution in [0.1, 0.15) is 36.8 Å². The molecule has 0 bridgehead atoms. The predicted octanol–water partition coefficient (Wildman–Crippen LogP) is 2.20. The third-order valence-corrected chi connectivity index (χ3v) is 2.17. The molecule has 0 aliphatic rings. The lowest BCUT2D eigenvalue weighted by Gasteiger charge is -2.16. The number of Topliss-reactive ketones (excluding diaryl/α,β-unsaturated/α-hetero) is 1. The Morgan fingerprint density at radius 2 is 2.21 bits per heavy atom. The summed E-state index contributed by atoms with van der Waals surface area (Å²) in [6.45, 7) is 5.33. The molecule has 0 aromatic carbocycles. The van der Waals surface area contributed by atoms with Crippen LogP contribution in [0.2, 0.25) is 0 Å². The first-order valence-electron chi connectivity index (χ1n) is 4.42. The van der Waals surface area contributed by atoms with Gasteiger partial charge in [0.05, 0.1) is 11.1 Å². The topological polar surface area (TPSA) is 30.0 Å². The molecule has 0 N–H and O–H groups in total. The van der Waals surface area contributed by atoms with Crippen LogP contribution in [0.5, 0.6) is 0 Å². The van der Waals surface area contributed by atoms with E-state index < -0.39 is 5.41 Å². The van der Waals surface area contributed by atoms with Crippen molar-refractivity contribution in [3.63, 3.8) is 0 Å². The van der Waals surface area contributed by atoms with Gasteiger partial charge < -0.3 is 0 Å². The molecule has 0 saturated carbocycles. The smallest absolute Gasteiger partial charge is 0.159 e. The van der Waals surface area contributed by atoms with Gasteiger partial charge in [-0.05, 0) is 32.9 Å². The molecule has 1 rings (SSSR count). The fourth-order valence-corrected chi connectivity index (χ4v) is 1.07. The molecule has 72 valence electrons. The number of pyridine rings is 1. The Morgan fingerprint density at radius 3 is 2.71 bits per heavy atom. The fourth-order valence-electron chi connectivity index (χ4n) is 1.07. The van der Waals surface area contributed by atoms with E-state index in [0.717, 1.165) is 5.69 Å². The van der Waals surface area contributed by atoms with Crippen LogP contribution < -0.4 is 0 Å². The molecule has 0 aliphatic carbocycles. The predicted molar refractivity (Wildman–Crippen MR) is 56.1 cm³/mol. The number of hydrogen-bond acceptors (Lipinski definition) is 2. The van der Waals surface area contributed by atoms with E-state index in [-0.39, 0.29) is 5.78 Å². The van der Waals surface area contributed by atoms with Crippen molar-refractivity contribution in [3.8, 4) is 12.3 Å². The molecule has 0 spiro atoms. The van der Waals surface area contributed by atoms with E-state index in [1.807, 2.05) is 13.8 Å². The van der Waals surface area contributed by atoms with Crippen molar-refractivity contribution in [1.29, 1.82) is 0 Å². The van der Waals surface area contributed by atoms with Crippen LogP contribution >= 0.6 is 0 Å². The normalized spacial score (nSPS) is 10.7. The highest BCUT2D eigenvalue weighted by Crippen LogP contribution is 2.20. The van der Waals surface area contributed by atoms with Gasteiger partial charge in [-0.3, -0.25) is 9.78 Å². The summed E-state index contributed by atoms with van der Waals surface area (Å²) >= 11 is 0. The van der Waals surface area contributed by atoms with E-state index in [2.05, 4.69) is 10.9 Å². The molecule has 0 saturated heterocycles. The first kappa shape index (κ1) is 10.5. The lowest BCUT2D eigenvalue weighted by molar-refractivity contribution is 0.101. The van der Waals surface area contributed by atoms with Crippen molar-refractivity contribution in [2.75, 3.05) is 0 Å². The zero-order valence-corrected chi connectivity index (χ0v) is 8.66. The van der Waals surface area contributed by atoms with Gasteiger partial charge in [-0.25, -0.2) is 0 Å². The standard InChI is InChI=1S/C12H13NO/c1-5-12(3,4)11-8-10(9(2)14)6-7-13-11/h1,6-8H,2-4H3. The lowest BCUT2D eigenvalue weighted by Crippen LogP contribution is -2.16. The van der Waals surface area contributed by atoms with Gasteiger partial charge in [0.1, 0.15) is 0 Å². The minimum Gasteiger partial charge on any atom is -0.295 e. The van der Waals surface area contributed by atoms with Crippen LogP contribution in [-0.2, 0) is 5.41 Å². The molecule has 14 heavy (non-hydrogen) atoms. The number of rotatable bonds is 2.